The highest BCUT2D eigenvalue weighted by molar-refractivity contribution is 5.89. The number of carbonyl (C=O) groups is 1. The molecule has 1 aromatic rings. The van der Waals surface area contributed by atoms with Crippen LogP contribution in [0.1, 0.15) is 50.3 Å². The standard InChI is InChI=1S/C18H31N5O.2ClH/c1-14-13-17(23(21-14)16-7-11-22(2)12-8-16)20-18(24)4-3-15-5-9-19-10-6-15;;/h13,15-16,19H,3-12H2,1-2H3,(H,20,24);2*1H. The maximum Gasteiger partial charge on any atom is 0.225 e. The van der Waals surface area contributed by atoms with Gasteiger partial charge >= 0.3 is 0 Å². The zero-order valence-electron chi connectivity index (χ0n) is 15.9. The number of anilines is 1. The molecule has 0 atom stereocenters. The van der Waals surface area contributed by atoms with E-state index in [2.05, 4.69) is 27.7 Å². The highest BCUT2D eigenvalue weighted by Crippen LogP contribution is 2.26. The van der Waals surface area contributed by atoms with Crippen molar-refractivity contribution in [3.63, 3.8) is 0 Å². The highest BCUT2D eigenvalue weighted by Gasteiger charge is 2.22. The number of hydrogen-bond acceptors (Lipinski definition) is 4. The van der Waals surface area contributed by atoms with E-state index in [0.29, 0.717) is 18.4 Å². The summed E-state index contributed by atoms with van der Waals surface area (Å²) >= 11 is 0. The lowest BCUT2D eigenvalue weighted by Gasteiger charge is -2.30. The summed E-state index contributed by atoms with van der Waals surface area (Å²) in [6, 6.07) is 2.40. The Morgan fingerprint density at radius 1 is 1.23 bits per heavy atom. The Hall–Kier alpha value is -0.820. The number of nitrogens with one attached hydrogen (secondary N) is 2. The second-order valence-electron chi connectivity index (χ2n) is 7.43. The Balaban J connectivity index is 0.00000169. The largest absolute Gasteiger partial charge is 0.317 e. The first-order valence-electron chi connectivity index (χ1n) is 9.37. The third-order valence-electron chi connectivity index (χ3n) is 5.40. The normalized spacial score (nSPS) is 19.5. The van der Waals surface area contributed by atoms with Crippen LogP contribution < -0.4 is 10.6 Å². The van der Waals surface area contributed by atoms with Gasteiger partial charge in [0.25, 0.3) is 0 Å². The van der Waals surface area contributed by atoms with Crippen LogP contribution in [0.2, 0.25) is 0 Å². The van der Waals surface area contributed by atoms with E-state index >= 15 is 0 Å². The quantitative estimate of drug-likeness (QED) is 0.789. The molecular weight excluding hydrogens is 373 g/mol. The van der Waals surface area contributed by atoms with Crippen molar-refractivity contribution in [1.82, 2.24) is 20.0 Å². The van der Waals surface area contributed by atoms with E-state index in [1.807, 2.05) is 17.7 Å². The van der Waals surface area contributed by atoms with Crippen molar-refractivity contribution in [1.29, 1.82) is 0 Å². The van der Waals surface area contributed by atoms with Crippen LogP contribution in [0.3, 0.4) is 0 Å². The van der Waals surface area contributed by atoms with E-state index in [0.717, 1.165) is 57.0 Å². The fraction of sp³-hybridized carbons (Fsp3) is 0.778. The lowest BCUT2D eigenvalue weighted by Crippen LogP contribution is -2.32. The third kappa shape index (κ3) is 6.41. The molecule has 2 aliphatic heterocycles. The molecular formula is C18H33Cl2N5O. The minimum atomic E-state index is 0. The summed E-state index contributed by atoms with van der Waals surface area (Å²) < 4.78 is 2.05. The molecule has 0 aromatic carbocycles. The molecule has 0 radical (unpaired) electrons. The van der Waals surface area contributed by atoms with E-state index in [9.17, 15) is 4.79 Å². The molecule has 3 heterocycles. The van der Waals surface area contributed by atoms with Crippen molar-refractivity contribution in [2.45, 2.75) is 51.5 Å². The number of aryl methyl sites for hydroxylation is 1. The molecule has 2 saturated heterocycles. The molecule has 0 saturated carbocycles. The number of aromatic nitrogens is 2. The number of hydrogen-bond donors (Lipinski definition) is 2. The van der Waals surface area contributed by atoms with Crippen LogP contribution in [-0.4, -0.2) is 53.8 Å². The highest BCUT2D eigenvalue weighted by atomic mass is 35.5. The van der Waals surface area contributed by atoms with Crippen molar-refractivity contribution in [2.75, 3.05) is 38.5 Å². The zero-order valence-corrected chi connectivity index (χ0v) is 17.5. The summed E-state index contributed by atoms with van der Waals surface area (Å²) in [4.78, 5) is 14.7. The molecule has 0 spiro atoms. The van der Waals surface area contributed by atoms with Crippen molar-refractivity contribution in [2.24, 2.45) is 5.92 Å². The van der Waals surface area contributed by atoms with Gasteiger partial charge in [-0.05, 0) is 78.2 Å². The predicted molar refractivity (Wildman–Crippen MR) is 111 cm³/mol. The van der Waals surface area contributed by atoms with Gasteiger partial charge in [0.2, 0.25) is 5.91 Å². The summed E-state index contributed by atoms with van der Waals surface area (Å²) in [6.07, 6.45) is 6.18. The minimum absolute atomic E-state index is 0. The number of amides is 1. The first kappa shape index (κ1) is 23.2. The number of carbonyl (C=O) groups excluding carboxylic acids is 1. The van der Waals surface area contributed by atoms with Gasteiger partial charge in [-0.1, -0.05) is 0 Å². The molecule has 0 aliphatic carbocycles. The van der Waals surface area contributed by atoms with Crippen molar-refractivity contribution in [3.8, 4) is 0 Å². The van der Waals surface area contributed by atoms with Gasteiger partial charge in [-0.3, -0.25) is 4.79 Å². The molecule has 0 unspecified atom stereocenters. The van der Waals surface area contributed by atoms with Gasteiger partial charge in [0.1, 0.15) is 5.82 Å². The van der Waals surface area contributed by atoms with Gasteiger partial charge in [0.15, 0.2) is 0 Å². The van der Waals surface area contributed by atoms with E-state index in [4.69, 9.17) is 0 Å². The number of nitrogens with zero attached hydrogens (tertiary/aromatic N) is 3. The van der Waals surface area contributed by atoms with E-state index in [1.54, 1.807) is 0 Å². The Bertz CT molecular complexity index is 552. The van der Waals surface area contributed by atoms with Crippen LogP contribution in [0.25, 0.3) is 0 Å². The SMILES string of the molecule is Cc1cc(NC(=O)CCC2CCNCC2)n(C2CCN(C)CC2)n1.Cl.Cl. The summed E-state index contributed by atoms with van der Waals surface area (Å²) in [5.41, 5.74) is 0.975. The van der Waals surface area contributed by atoms with Gasteiger partial charge in [-0.15, -0.1) is 24.8 Å². The number of likely N-dealkylation sites (tertiary alicyclic amines) is 1. The van der Waals surface area contributed by atoms with Crippen LogP contribution in [0.4, 0.5) is 5.82 Å². The van der Waals surface area contributed by atoms with E-state index in [1.165, 1.54) is 12.8 Å². The number of halogens is 2. The van der Waals surface area contributed by atoms with Crippen LogP contribution in [-0.2, 0) is 4.79 Å². The smallest absolute Gasteiger partial charge is 0.225 e. The molecule has 2 fully saturated rings. The van der Waals surface area contributed by atoms with Gasteiger partial charge in [0, 0.05) is 12.5 Å². The van der Waals surface area contributed by atoms with Gasteiger partial charge in [-0.25, -0.2) is 4.68 Å². The molecule has 0 bridgehead atoms. The van der Waals surface area contributed by atoms with Crippen molar-refractivity contribution < 1.29 is 4.79 Å². The first-order chi connectivity index (χ1) is 11.6. The third-order valence-corrected chi connectivity index (χ3v) is 5.40. The first-order valence-corrected chi connectivity index (χ1v) is 9.37. The summed E-state index contributed by atoms with van der Waals surface area (Å²) in [5, 5.41) is 11.1. The van der Waals surface area contributed by atoms with Gasteiger partial charge < -0.3 is 15.5 Å². The molecule has 2 aliphatic rings. The molecule has 2 N–H and O–H groups in total. The molecule has 1 amide bonds. The summed E-state index contributed by atoms with van der Waals surface area (Å²) in [6.45, 7) is 6.36. The Labute approximate surface area is 169 Å². The molecule has 1 aromatic heterocycles. The van der Waals surface area contributed by atoms with E-state index in [-0.39, 0.29) is 30.7 Å². The Morgan fingerprint density at radius 3 is 2.54 bits per heavy atom. The van der Waals surface area contributed by atoms with Crippen LogP contribution in [0.15, 0.2) is 6.07 Å². The molecule has 150 valence electrons. The second kappa shape index (κ2) is 11.1. The number of rotatable bonds is 5. The lowest BCUT2D eigenvalue weighted by molar-refractivity contribution is -0.116. The molecule has 6 nitrogen and oxygen atoms in total. The van der Waals surface area contributed by atoms with Crippen molar-refractivity contribution >= 4 is 36.5 Å². The summed E-state index contributed by atoms with van der Waals surface area (Å²) in [5.74, 6) is 1.69. The average Bonchev–Trinajstić information content (AvgIpc) is 2.95. The lowest BCUT2D eigenvalue weighted by atomic mass is 9.93. The van der Waals surface area contributed by atoms with Gasteiger partial charge in [0.05, 0.1) is 11.7 Å². The number of piperidine rings is 2. The molecule has 3 rings (SSSR count). The molecule has 8 heteroatoms. The summed E-state index contributed by atoms with van der Waals surface area (Å²) in [7, 11) is 2.16. The van der Waals surface area contributed by atoms with Crippen LogP contribution >= 0.6 is 24.8 Å². The Morgan fingerprint density at radius 2 is 1.88 bits per heavy atom. The second-order valence-corrected chi connectivity index (χ2v) is 7.43. The fourth-order valence-electron chi connectivity index (χ4n) is 3.84. The maximum absolute atomic E-state index is 12.4. The van der Waals surface area contributed by atoms with Crippen LogP contribution in [0, 0.1) is 12.8 Å². The van der Waals surface area contributed by atoms with Crippen LogP contribution in [0.5, 0.6) is 0 Å². The minimum Gasteiger partial charge on any atom is -0.317 e. The zero-order chi connectivity index (χ0) is 16.9. The average molecular weight is 406 g/mol. The molecule has 26 heavy (non-hydrogen) atoms. The fourth-order valence-corrected chi connectivity index (χ4v) is 3.84. The van der Waals surface area contributed by atoms with E-state index < -0.39 is 0 Å². The maximum atomic E-state index is 12.4. The Kier molecular flexibility index (Phi) is 9.93. The van der Waals surface area contributed by atoms with Gasteiger partial charge in [-0.2, -0.15) is 5.10 Å². The predicted octanol–water partition coefficient (Wildman–Crippen LogP) is 3.02. The topological polar surface area (TPSA) is 62.2 Å². The monoisotopic (exact) mass is 405 g/mol. The van der Waals surface area contributed by atoms with Crippen molar-refractivity contribution in [3.05, 3.63) is 11.8 Å².